The normalized spacial score (nSPS) is 12.3. The number of alkyl halides is 3. The second kappa shape index (κ2) is 6.94. The zero-order valence-corrected chi connectivity index (χ0v) is 11.5. The molecule has 0 aliphatic heterocycles. The van der Waals surface area contributed by atoms with Gasteiger partial charge in [0.05, 0.1) is 12.0 Å². The van der Waals surface area contributed by atoms with Gasteiger partial charge in [0, 0.05) is 12.5 Å². The number of nitrogens with one attached hydrogen (secondary N) is 1. The minimum atomic E-state index is -5.21. The number of rotatable bonds is 5. The van der Waals surface area contributed by atoms with E-state index in [4.69, 9.17) is 0 Å². The van der Waals surface area contributed by atoms with Crippen LogP contribution < -0.4 is 10.4 Å². The van der Waals surface area contributed by atoms with Gasteiger partial charge < -0.3 is 15.2 Å². The number of carbonyl (C=O) groups excluding carboxylic acids is 2. The highest BCUT2D eigenvalue weighted by Gasteiger charge is 2.41. The summed E-state index contributed by atoms with van der Waals surface area (Å²) in [4.78, 5) is 32.1. The fourth-order valence-electron chi connectivity index (χ4n) is 1.64. The molecule has 0 spiro atoms. The van der Waals surface area contributed by atoms with Gasteiger partial charge in [-0.2, -0.15) is 13.2 Å². The van der Waals surface area contributed by atoms with Crippen LogP contribution in [0.15, 0.2) is 18.2 Å². The predicted octanol–water partition coefficient (Wildman–Crippen LogP) is 0.431. The first-order valence-corrected chi connectivity index (χ1v) is 5.96. The van der Waals surface area contributed by atoms with Gasteiger partial charge in [-0.25, -0.2) is 4.79 Å². The standard InChI is InChI=1S/C12H11F3N2O6/c1-23-10(19)7(16-11(20)12(13,14)15)4-6-2-3-9(18)8(5-6)17(21)22/h2-3,5,7,18H,4H2,1H3,(H,16,20)/p-1/t7-/m0/s1. The third-order valence-electron chi connectivity index (χ3n) is 2.71. The molecule has 8 nitrogen and oxygen atoms in total. The maximum atomic E-state index is 12.2. The number of hydrogen-bond donors (Lipinski definition) is 1. The van der Waals surface area contributed by atoms with Crippen molar-refractivity contribution in [2.45, 2.75) is 18.6 Å². The lowest BCUT2D eigenvalue weighted by molar-refractivity contribution is -0.398. The molecule has 1 N–H and O–H groups in total. The number of hydrogen-bond acceptors (Lipinski definition) is 6. The maximum Gasteiger partial charge on any atom is 0.471 e. The molecule has 0 saturated carbocycles. The molecule has 0 saturated heterocycles. The molecule has 0 aliphatic rings. The van der Waals surface area contributed by atoms with Crippen molar-refractivity contribution >= 4 is 17.6 Å². The van der Waals surface area contributed by atoms with Gasteiger partial charge in [0.2, 0.25) is 0 Å². The summed E-state index contributed by atoms with van der Waals surface area (Å²) in [6, 6.07) is 1.04. The number of nitrogens with zero attached hydrogens (tertiary/aromatic N) is 1. The number of carbonyl (C=O) groups is 2. The van der Waals surface area contributed by atoms with E-state index < -0.39 is 46.9 Å². The lowest BCUT2D eigenvalue weighted by Gasteiger charge is -2.18. The van der Waals surface area contributed by atoms with Crippen LogP contribution in [0.4, 0.5) is 18.9 Å². The molecule has 1 amide bonds. The van der Waals surface area contributed by atoms with Gasteiger partial charge in [0.25, 0.3) is 5.69 Å². The Morgan fingerprint density at radius 2 is 2.00 bits per heavy atom. The molecule has 1 aromatic rings. The van der Waals surface area contributed by atoms with Gasteiger partial charge in [0.15, 0.2) is 0 Å². The number of amides is 1. The monoisotopic (exact) mass is 335 g/mol. The van der Waals surface area contributed by atoms with Gasteiger partial charge >= 0.3 is 18.1 Å². The predicted molar refractivity (Wildman–Crippen MR) is 66.2 cm³/mol. The second-order valence-corrected chi connectivity index (χ2v) is 4.31. The molecular formula is C12H10F3N2O6-. The lowest BCUT2D eigenvalue weighted by Crippen LogP contribution is -2.48. The van der Waals surface area contributed by atoms with E-state index in [0.717, 1.165) is 25.3 Å². The first-order valence-electron chi connectivity index (χ1n) is 5.96. The minimum absolute atomic E-state index is 0.00849. The van der Waals surface area contributed by atoms with E-state index in [-0.39, 0.29) is 5.56 Å². The van der Waals surface area contributed by atoms with Crippen LogP contribution in [0.1, 0.15) is 5.56 Å². The van der Waals surface area contributed by atoms with Crippen LogP contribution in [0.5, 0.6) is 5.75 Å². The third kappa shape index (κ3) is 4.83. The Bertz CT molecular complexity index is 632. The van der Waals surface area contributed by atoms with Crippen LogP contribution in [-0.4, -0.2) is 36.1 Å². The average molecular weight is 335 g/mol. The number of benzene rings is 1. The highest BCUT2D eigenvalue weighted by Crippen LogP contribution is 2.24. The summed E-state index contributed by atoms with van der Waals surface area (Å²) >= 11 is 0. The summed E-state index contributed by atoms with van der Waals surface area (Å²) in [5.41, 5.74) is -0.789. The molecule has 0 aromatic heterocycles. The Morgan fingerprint density at radius 1 is 1.39 bits per heavy atom. The fraction of sp³-hybridized carbons (Fsp3) is 0.333. The molecule has 126 valence electrons. The SMILES string of the molecule is COC(=O)[C@H](Cc1ccc([O-])c([N+](=O)[O-])c1)NC(=O)C(F)(F)F. The second-order valence-electron chi connectivity index (χ2n) is 4.31. The summed E-state index contributed by atoms with van der Waals surface area (Å²) in [7, 11) is 0.901. The van der Waals surface area contributed by atoms with E-state index >= 15 is 0 Å². The zero-order chi connectivity index (χ0) is 17.8. The number of nitro benzene ring substituents is 1. The van der Waals surface area contributed by atoms with Crippen LogP contribution in [0, 0.1) is 10.1 Å². The van der Waals surface area contributed by atoms with Gasteiger partial charge in [-0.1, -0.05) is 12.1 Å². The minimum Gasteiger partial charge on any atom is -0.868 e. The van der Waals surface area contributed by atoms with Crippen LogP contribution in [-0.2, 0) is 20.7 Å². The molecule has 0 fully saturated rings. The van der Waals surface area contributed by atoms with Gasteiger partial charge in [-0.05, 0) is 11.3 Å². The summed E-state index contributed by atoms with van der Waals surface area (Å²) in [6.45, 7) is 0. The Balaban J connectivity index is 3.03. The molecule has 0 unspecified atom stereocenters. The molecule has 23 heavy (non-hydrogen) atoms. The van der Waals surface area contributed by atoms with Crippen molar-refractivity contribution < 1.29 is 37.5 Å². The topological polar surface area (TPSA) is 122 Å². The molecular weight excluding hydrogens is 325 g/mol. The summed E-state index contributed by atoms with van der Waals surface area (Å²) in [5, 5.41) is 23.3. The highest BCUT2D eigenvalue weighted by molar-refractivity contribution is 5.87. The van der Waals surface area contributed by atoms with Crippen LogP contribution in [0.25, 0.3) is 0 Å². The Hall–Kier alpha value is -2.85. The van der Waals surface area contributed by atoms with Gasteiger partial charge in [0.1, 0.15) is 6.04 Å². The van der Waals surface area contributed by atoms with E-state index in [1.54, 1.807) is 0 Å². The fourth-order valence-corrected chi connectivity index (χ4v) is 1.64. The molecule has 1 atom stereocenters. The van der Waals surface area contributed by atoms with Gasteiger partial charge in [-0.15, -0.1) is 0 Å². The van der Waals surface area contributed by atoms with Gasteiger partial charge in [-0.3, -0.25) is 14.9 Å². The van der Waals surface area contributed by atoms with Crippen molar-refractivity contribution in [3.8, 4) is 5.75 Å². The third-order valence-corrected chi connectivity index (χ3v) is 2.71. The number of nitro groups is 1. The summed E-state index contributed by atoms with van der Waals surface area (Å²) < 4.78 is 41.0. The Kier molecular flexibility index (Phi) is 5.49. The van der Waals surface area contributed by atoms with Crippen molar-refractivity contribution in [1.82, 2.24) is 5.32 Å². The molecule has 11 heteroatoms. The van der Waals surface area contributed by atoms with Crippen molar-refractivity contribution in [2.24, 2.45) is 0 Å². The Labute approximate surface area is 127 Å². The quantitative estimate of drug-likeness (QED) is 0.473. The molecule has 0 heterocycles. The van der Waals surface area contributed by atoms with E-state index in [9.17, 15) is 38.0 Å². The first kappa shape index (κ1) is 18.2. The summed E-state index contributed by atoms with van der Waals surface area (Å²) in [6.07, 6.45) is -5.73. The van der Waals surface area contributed by atoms with E-state index in [1.165, 1.54) is 5.32 Å². The van der Waals surface area contributed by atoms with Crippen molar-refractivity contribution in [1.29, 1.82) is 0 Å². The van der Waals surface area contributed by atoms with E-state index in [0.29, 0.717) is 0 Å². The molecule has 0 aliphatic carbocycles. The van der Waals surface area contributed by atoms with Crippen LogP contribution in [0.2, 0.25) is 0 Å². The molecule has 1 rings (SSSR count). The lowest BCUT2D eigenvalue weighted by atomic mass is 10.0. The number of ether oxygens (including phenoxy) is 1. The van der Waals surface area contributed by atoms with Crippen molar-refractivity contribution in [3.05, 3.63) is 33.9 Å². The smallest absolute Gasteiger partial charge is 0.471 e. The number of halogens is 3. The van der Waals surface area contributed by atoms with Crippen molar-refractivity contribution in [2.75, 3.05) is 7.11 Å². The van der Waals surface area contributed by atoms with Crippen molar-refractivity contribution in [3.63, 3.8) is 0 Å². The zero-order valence-electron chi connectivity index (χ0n) is 11.5. The largest absolute Gasteiger partial charge is 0.868 e. The number of esters is 1. The summed E-state index contributed by atoms with van der Waals surface area (Å²) in [5.74, 6) is -4.42. The highest BCUT2D eigenvalue weighted by atomic mass is 19.4. The average Bonchev–Trinajstić information content (AvgIpc) is 2.46. The molecule has 1 aromatic carbocycles. The van der Waals surface area contributed by atoms with Crippen LogP contribution in [0.3, 0.4) is 0 Å². The number of methoxy groups -OCH3 is 1. The first-order chi connectivity index (χ1) is 10.6. The van der Waals surface area contributed by atoms with Crippen LogP contribution >= 0.6 is 0 Å². The maximum absolute atomic E-state index is 12.2. The molecule has 0 bridgehead atoms. The van der Waals surface area contributed by atoms with E-state index in [2.05, 4.69) is 4.74 Å². The van der Waals surface area contributed by atoms with E-state index in [1.807, 2.05) is 0 Å². The Morgan fingerprint density at radius 3 is 2.48 bits per heavy atom. The molecule has 0 radical (unpaired) electrons.